The predicted octanol–water partition coefficient (Wildman–Crippen LogP) is 3.81. The van der Waals surface area contributed by atoms with Crippen LogP contribution in [0, 0.1) is 5.92 Å². The summed E-state index contributed by atoms with van der Waals surface area (Å²) in [5, 5.41) is 0. The van der Waals surface area contributed by atoms with E-state index in [2.05, 4.69) is 0 Å². The van der Waals surface area contributed by atoms with E-state index in [1.54, 1.807) is 12.1 Å². The van der Waals surface area contributed by atoms with Crippen LogP contribution in [0.15, 0.2) is 30.3 Å². The van der Waals surface area contributed by atoms with Gasteiger partial charge >= 0.3 is 5.97 Å². The average molecular weight is 232 g/mol. The largest absolute Gasteiger partial charge is 0.462 e. The fraction of sp³-hybridized carbons (Fsp3) is 0.533. The molecule has 0 heterocycles. The van der Waals surface area contributed by atoms with Crippen molar-refractivity contribution in [3.05, 3.63) is 35.9 Å². The van der Waals surface area contributed by atoms with Crippen molar-refractivity contribution in [2.45, 2.75) is 38.5 Å². The van der Waals surface area contributed by atoms with Crippen molar-refractivity contribution in [1.29, 1.82) is 0 Å². The molecule has 0 saturated heterocycles. The Balaban J connectivity index is 1.69. The van der Waals surface area contributed by atoms with E-state index < -0.39 is 0 Å². The van der Waals surface area contributed by atoms with Gasteiger partial charge in [0.1, 0.15) is 0 Å². The first-order chi connectivity index (χ1) is 8.36. The molecule has 1 aliphatic carbocycles. The predicted molar refractivity (Wildman–Crippen MR) is 67.9 cm³/mol. The van der Waals surface area contributed by atoms with Gasteiger partial charge in [0.05, 0.1) is 12.2 Å². The van der Waals surface area contributed by atoms with E-state index in [-0.39, 0.29) is 5.97 Å². The zero-order valence-corrected chi connectivity index (χ0v) is 10.2. The van der Waals surface area contributed by atoms with Crippen LogP contribution in [0.4, 0.5) is 0 Å². The van der Waals surface area contributed by atoms with Gasteiger partial charge < -0.3 is 4.74 Å². The molecular formula is C15H20O2. The molecular weight excluding hydrogens is 212 g/mol. The highest BCUT2D eigenvalue weighted by molar-refractivity contribution is 5.89. The quantitative estimate of drug-likeness (QED) is 0.738. The van der Waals surface area contributed by atoms with Gasteiger partial charge in [-0.05, 0) is 24.5 Å². The second-order valence-corrected chi connectivity index (χ2v) is 4.79. The Bertz CT molecular complexity index is 339. The minimum Gasteiger partial charge on any atom is -0.462 e. The number of ether oxygens (including phenoxy) is 1. The molecule has 92 valence electrons. The first kappa shape index (κ1) is 12.2. The van der Waals surface area contributed by atoms with Crippen LogP contribution in [0.2, 0.25) is 0 Å². The minimum absolute atomic E-state index is 0.193. The summed E-state index contributed by atoms with van der Waals surface area (Å²) in [5.41, 5.74) is 0.649. The van der Waals surface area contributed by atoms with Crippen LogP contribution < -0.4 is 0 Å². The van der Waals surface area contributed by atoms with E-state index in [9.17, 15) is 4.79 Å². The molecule has 0 N–H and O–H groups in total. The van der Waals surface area contributed by atoms with Crippen molar-refractivity contribution in [2.75, 3.05) is 6.61 Å². The Morgan fingerprint density at radius 3 is 2.53 bits per heavy atom. The molecule has 0 atom stereocenters. The molecule has 2 nitrogen and oxygen atoms in total. The maximum absolute atomic E-state index is 11.7. The lowest BCUT2D eigenvalue weighted by atomic mass is 9.87. The Morgan fingerprint density at radius 2 is 1.82 bits per heavy atom. The summed E-state index contributed by atoms with van der Waals surface area (Å²) >= 11 is 0. The molecule has 0 radical (unpaired) electrons. The molecule has 0 bridgehead atoms. The maximum atomic E-state index is 11.7. The van der Waals surface area contributed by atoms with Gasteiger partial charge in [-0.25, -0.2) is 4.79 Å². The molecule has 0 aromatic heterocycles. The van der Waals surface area contributed by atoms with E-state index in [1.807, 2.05) is 18.2 Å². The summed E-state index contributed by atoms with van der Waals surface area (Å²) in [6.45, 7) is 0.568. The molecule has 1 aliphatic rings. The molecule has 0 amide bonds. The standard InChI is InChI=1S/C15H20O2/c16-15(14-9-5-2-6-10-14)17-12-11-13-7-3-1-4-8-13/h2,5-6,9-10,13H,1,3-4,7-8,11-12H2. The van der Waals surface area contributed by atoms with Crippen molar-refractivity contribution >= 4 is 5.97 Å². The Morgan fingerprint density at radius 1 is 1.12 bits per heavy atom. The number of carbonyl (C=O) groups excluding carboxylic acids is 1. The second kappa shape index (κ2) is 6.43. The highest BCUT2D eigenvalue weighted by atomic mass is 16.5. The van der Waals surface area contributed by atoms with Gasteiger partial charge in [-0.2, -0.15) is 0 Å². The van der Waals surface area contributed by atoms with Gasteiger partial charge in [0.15, 0.2) is 0 Å². The number of hydrogen-bond acceptors (Lipinski definition) is 2. The number of carbonyl (C=O) groups is 1. The molecule has 17 heavy (non-hydrogen) atoms. The summed E-state index contributed by atoms with van der Waals surface area (Å²) in [4.78, 5) is 11.7. The molecule has 1 aromatic rings. The van der Waals surface area contributed by atoms with Crippen molar-refractivity contribution in [2.24, 2.45) is 5.92 Å². The normalized spacial score (nSPS) is 16.7. The third kappa shape index (κ3) is 3.88. The number of hydrogen-bond donors (Lipinski definition) is 0. The summed E-state index contributed by atoms with van der Waals surface area (Å²) < 4.78 is 5.29. The van der Waals surface area contributed by atoms with Crippen LogP contribution in [-0.4, -0.2) is 12.6 Å². The molecule has 0 unspecified atom stereocenters. The lowest BCUT2D eigenvalue weighted by molar-refractivity contribution is 0.0475. The van der Waals surface area contributed by atoms with Crippen LogP contribution in [0.1, 0.15) is 48.9 Å². The Kier molecular flexibility index (Phi) is 4.60. The summed E-state index contributed by atoms with van der Waals surface area (Å²) in [7, 11) is 0. The molecule has 0 spiro atoms. The minimum atomic E-state index is -0.193. The van der Waals surface area contributed by atoms with Crippen LogP contribution >= 0.6 is 0 Å². The van der Waals surface area contributed by atoms with Gasteiger partial charge in [-0.1, -0.05) is 50.3 Å². The van der Waals surface area contributed by atoms with Gasteiger partial charge in [-0.3, -0.25) is 0 Å². The zero-order valence-electron chi connectivity index (χ0n) is 10.2. The molecule has 1 aromatic carbocycles. The first-order valence-electron chi connectivity index (χ1n) is 6.58. The zero-order chi connectivity index (χ0) is 11.9. The molecule has 1 saturated carbocycles. The number of esters is 1. The molecule has 2 heteroatoms. The van der Waals surface area contributed by atoms with Crippen molar-refractivity contribution < 1.29 is 9.53 Å². The topological polar surface area (TPSA) is 26.3 Å². The van der Waals surface area contributed by atoms with Crippen molar-refractivity contribution in [3.8, 4) is 0 Å². The van der Waals surface area contributed by atoms with Crippen LogP contribution in [0.3, 0.4) is 0 Å². The van der Waals surface area contributed by atoms with Crippen molar-refractivity contribution in [3.63, 3.8) is 0 Å². The highest BCUT2D eigenvalue weighted by Gasteiger charge is 2.14. The third-order valence-corrected chi connectivity index (χ3v) is 3.49. The monoisotopic (exact) mass is 232 g/mol. The Labute approximate surface area is 103 Å². The van der Waals surface area contributed by atoms with Crippen LogP contribution in [-0.2, 0) is 4.74 Å². The highest BCUT2D eigenvalue weighted by Crippen LogP contribution is 2.26. The van der Waals surface area contributed by atoms with Crippen LogP contribution in [0.25, 0.3) is 0 Å². The van der Waals surface area contributed by atoms with Gasteiger partial charge in [0.2, 0.25) is 0 Å². The third-order valence-electron chi connectivity index (χ3n) is 3.49. The van der Waals surface area contributed by atoms with Gasteiger partial charge in [-0.15, -0.1) is 0 Å². The van der Waals surface area contributed by atoms with E-state index >= 15 is 0 Å². The SMILES string of the molecule is O=C(OCCC1CCCCC1)c1ccccc1. The first-order valence-corrected chi connectivity index (χ1v) is 6.58. The summed E-state index contributed by atoms with van der Waals surface area (Å²) in [5.74, 6) is 0.578. The summed E-state index contributed by atoms with van der Waals surface area (Å²) in [6, 6.07) is 9.21. The second-order valence-electron chi connectivity index (χ2n) is 4.79. The van der Waals surface area contributed by atoms with E-state index in [0.29, 0.717) is 12.2 Å². The fourth-order valence-electron chi connectivity index (χ4n) is 2.45. The lowest BCUT2D eigenvalue weighted by Crippen LogP contribution is -2.12. The molecule has 0 aliphatic heterocycles. The molecule has 1 fully saturated rings. The maximum Gasteiger partial charge on any atom is 0.338 e. The number of rotatable bonds is 4. The van der Waals surface area contributed by atoms with Crippen molar-refractivity contribution in [1.82, 2.24) is 0 Å². The lowest BCUT2D eigenvalue weighted by Gasteiger charge is -2.21. The van der Waals surface area contributed by atoms with E-state index in [1.165, 1.54) is 32.1 Å². The van der Waals surface area contributed by atoms with E-state index in [4.69, 9.17) is 4.74 Å². The smallest absolute Gasteiger partial charge is 0.338 e. The fourth-order valence-corrected chi connectivity index (χ4v) is 2.45. The number of benzene rings is 1. The van der Waals surface area contributed by atoms with Gasteiger partial charge in [0, 0.05) is 0 Å². The molecule has 2 rings (SSSR count). The average Bonchev–Trinajstić information content (AvgIpc) is 2.41. The van der Waals surface area contributed by atoms with Gasteiger partial charge in [0.25, 0.3) is 0 Å². The summed E-state index contributed by atoms with van der Waals surface area (Å²) in [6.07, 6.45) is 7.71. The van der Waals surface area contributed by atoms with E-state index in [0.717, 1.165) is 12.3 Å². The van der Waals surface area contributed by atoms with Crippen LogP contribution in [0.5, 0.6) is 0 Å². The Hall–Kier alpha value is -1.31.